The zero-order valence-electron chi connectivity index (χ0n) is 10.2. The SMILES string of the molecule is COc1cc(NC(=O)c2cc(C)[nH]n2)ccc1N. The maximum atomic E-state index is 11.8. The highest BCUT2D eigenvalue weighted by atomic mass is 16.5. The van der Waals surface area contributed by atoms with Gasteiger partial charge in [0.2, 0.25) is 0 Å². The molecule has 1 amide bonds. The minimum atomic E-state index is -0.286. The second-order valence-electron chi connectivity index (χ2n) is 3.85. The van der Waals surface area contributed by atoms with Gasteiger partial charge in [-0.15, -0.1) is 0 Å². The molecule has 6 heteroatoms. The van der Waals surface area contributed by atoms with Crippen molar-refractivity contribution in [3.05, 3.63) is 35.7 Å². The summed E-state index contributed by atoms with van der Waals surface area (Å²) in [5.74, 6) is 0.234. The molecule has 2 rings (SSSR count). The number of methoxy groups -OCH3 is 1. The van der Waals surface area contributed by atoms with Crippen LogP contribution in [-0.2, 0) is 0 Å². The topological polar surface area (TPSA) is 93.0 Å². The fraction of sp³-hybridized carbons (Fsp3) is 0.167. The largest absolute Gasteiger partial charge is 0.495 e. The lowest BCUT2D eigenvalue weighted by atomic mass is 10.2. The van der Waals surface area contributed by atoms with Gasteiger partial charge in [-0.2, -0.15) is 5.10 Å². The van der Waals surface area contributed by atoms with E-state index in [1.54, 1.807) is 24.3 Å². The normalized spacial score (nSPS) is 10.1. The van der Waals surface area contributed by atoms with Crippen molar-refractivity contribution in [3.8, 4) is 5.75 Å². The third-order valence-electron chi connectivity index (χ3n) is 2.43. The number of hydrogen-bond acceptors (Lipinski definition) is 4. The number of ether oxygens (including phenoxy) is 1. The van der Waals surface area contributed by atoms with Gasteiger partial charge in [-0.1, -0.05) is 0 Å². The number of aryl methyl sites for hydroxylation is 1. The summed E-state index contributed by atoms with van der Waals surface area (Å²) in [7, 11) is 1.52. The van der Waals surface area contributed by atoms with Crippen molar-refractivity contribution in [1.82, 2.24) is 10.2 Å². The Morgan fingerprint density at radius 1 is 1.44 bits per heavy atom. The van der Waals surface area contributed by atoms with E-state index < -0.39 is 0 Å². The van der Waals surface area contributed by atoms with Crippen molar-refractivity contribution in [1.29, 1.82) is 0 Å². The molecule has 0 bridgehead atoms. The Labute approximate surface area is 104 Å². The molecule has 1 heterocycles. The maximum absolute atomic E-state index is 11.8. The molecule has 0 fully saturated rings. The summed E-state index contributed by atoms with van der Waals surface area (Å²) in [6.07, 6.45) is 0. The molecule has 0 saturated heterocycles. The number of hydrogen-bond donors (Lipinski definition) is 3. The summed E-state index contributed by atoms with van der Waals surface area (Å²) < 4.78 is 5.08. The van der Waals surface area contributed by atoms with E-state index in [1.807, 2.05) is 6.92 Å². The van der Waals surface area contributed by atoms with E-state index in [2.05, 4.69) is 15.5 Å². The number of nitrogens with zero attached hydrogens (tertiary/aromatic N) is 1. The molecular weight excluding hydrogens is 232 g/mol. The number of carbonyl (C=O) groups is 1. The highest BCUT2D eigenvalue weighted by molar-refractivity contribution is 6.03. The molecule has 0 atom stereocenters. The van der Waals surface area contributed by atoms with Crippen LogP contribution in [0, 0.1) is 6.92 Å². The number of anilines is 2. The Morgan fingerprint density at radius 2 is 2.22 bits per heavy atom. The van der Waals surface area contributed by atoms with E-state index in [-0.39, 0.29) is 5.91 Å². The summed E-state index contributed by atoms with van der Waals surface area (Å²) in [5, 5.41) is 9.31. The fourth-order valence-corrected chi connectivity index (χ4v) is 1.52. The molecule has 0 saturated carbocycles. The molecule has 1 aromatic heterocycles. The molecule has 2 aromatic rings. The van der Waals surface area contributed by atoms with Crippen molar-refractivity contribution < 1.29 is 9.53 Å². The second kappa shape index (κ2) is 4.79. The van der Waals surface area contributed by atoms with Crippen molar-refractivity contribution >= 4 is 17.3 Å². The predicted octanol–water partition coefficient (Wildman–Crippen LogP) is 1.56. The Balaban J connectivity index is 2.16. The number of amides is 1. The number of aromatic nitrogens is 2. The molecule has 0 aliphatic rings. The molecule has 0 unspecified atom stereocenters. The number of benzene rings is 1. The Kier molecular flexibility index (Phi) is 3.18. The molecular formula is C12H14N4O2. The third-order valence-corrected chi connectivity index (χ3v) is 2.43. The van der Waals surface area contributed by atoms with E-state index in [0.717, 1.165) is 5.69 Å². The first-order valence-corrected chi connectivity index (χ1v) is 5.37. The second-order valence-corrected chi connectivity index (χ2v) is 3.85. The van der Waals surface area contributed by atoms with Gasteiger partial charge in [0.1, 0.15) is 5.75 Å². The van der Waals surface area contributed by atoms with Crippen LogP contribution in [0.2, 0.25) is 0 Å². The quantitative estimate of drug-likeness (QED) is 0.716. The van der Waals surface area contributed by atoms with Crippen LogP contribution in [0.3, 0.4) is 0 Å². The van der Waals surface area contributed by atoms with Gasteiger partial charge in [0.15, 0.2) is 5.69 Å². The van der Waals surface area contributed by atoms with Crippen LogP contribution < -0.4 is 15.8 Å². The van der Waals surface area contributed by atoms with Crippen LogP contribution in [0.1, 0.15) is 16.2 Å². The van der Waals surface area contributed by atoms with Crippen LogP contribution in [0.15, 0.2) is 24.3 Å². The van der Waals surface area contributed by atoms with Gasteiger partial charge in [-0.05, 0) is 25.1 Å². The van der Waals surface area contributed by atoms with Gasteiger partial charge < -0.3 is 15.8 Å². The van der Waals surface area contributed by atoms with Crippen molar-refractivity contribution in [3.63, 3.8) is 0 Å². The van der Waals surface area contributed by atoms with Crippen LogP contribution >= 0.6 is 0 Å². The van der Waals surface area contributed by atoms with E-state index in [9.17, 15) is 4.79 Å². The standard InChI is InChI=1S/C12H14N4O2/c1-7-5-10(16-15-7)12(17)14-8-3-4-9(13)11(6-8)18-2/h3-6H,13H2,1-2H3,(H,14,17)(H,15,16). The van der Waals surface area contributed by atoms with Crippen LogP contribution in [0.4, 0.5) is 11.4 Å². The van der Waals surface area contributed by atoms with Gasteiger partial charge in [-0.3, -0.25) is 9.89 Å². The predicted molar refractivity (Wildman–Crippen MR) is 68.7 cm³/mol. The van der Waals surface area contributed by atoms with E-state index in [0.29, 0.717) is 22.8 Å². The molecule has 94 valence electrons. The molecule has 0 aliphatic carbocycles. The lowest BCUT2D eigenvalue weighted by molar-refractivity contribution is 0.102. The van der Waals surface area contributed by atoms with Gasteiger partial charge in [0.25, 0.3) is 5.91 Å². The lowest BCUT2D eigenvalue weighted by Crippen LogP contribution is -2.12. The number of nitrogens with two attached hydrogens (primary N) is 1. The maximum Gasteiger partial charge on any atom is 0.276 e. The van der Waals surface area contributed by atoms with Crippen LogP contribution in [-0.4, -0.2) is 23.2 Å². The van der Waals surface area contributed by atoms with E-state index >= 15 is 0 Å². The summed E-state index contributed by atoms with van der Waals surface area (Å²) in [6.45, 7) is 1.83. The molecule has 4 N–H and O–H groups in total. The highest BCUT2D eigenvalue weighted by Gasteiger charge is 2.10. The number of rotatable bonds is 3. The summed E-state index contributed by atoms with van der Waals surface area (Å²) >= 11 is 0. The Bertz CT molecular complexity index is 577. The highest BCUT2D eigenvalue weighted by Crippen LogP contribution is 2.25. The van der Waals surface area contributed by atoms with Crippen molar-refractivity contribution in [2.45, 2.75) is 6.92 Å². The molecule has 6 nitrogen and oxygen atoms in total. The molecule has 18 heavy (non-hydrogen) atoms. The average Bonchev–Trinajstić information content (AvgIpc) is 2.78. The zero-order valence-corrected chi connectivity index (χ0v) is 10.2. The molecule has 0 spiro atoms. The number of nitrogens with one attached hydrogen (secondary N) is 2. The fourth-order valence-electron chi connectivity index (χ4n) is 1.52. The third kappa shape index (κ3) is 2.42. The lowest BCUT2D eigenvalue weighted by Gasteiger charge is -2.08. The minimum absolute atomic E-state index is 0.286. The van der Waals surface area contributed by atoms with Crippen LogP contribution in [0.5, 0.6) is 5.75 Å². The molecule has 1 aromatic carbocycles. The van der Waals surface area contributed by atoms with Crippen molar-refractivity contribution in [2.75, 3.05) is 18.2 Å². The Hall–Kier alpha value is -2.50. The molecule has 0 aliphatic heterocycles. The molecule has 0 radical (unpaired) electrons. The summed E-state index contributed by atoms with van der Waals surface area (Å²) in [4.78, 5) is 11.8. The monoisotopic (exact) mass is 246 g/mol. The van der Waals surface area contributed by atoms with E-state index in [4.69, 9.17) is 10.5 Å². The van der Waals surface area contributed by atoms with Crippen LogP contribution in [0.25, 0.3) is 0 Å². The smallest absolute Gasteiger partial charge is 0.276 e. The van der Waals surface area contributed by atoms with Gasteiger partial charge >= 0.3 is 0 Å². The van der Waals surface area contributed by atoms with Gasteiger partial charge in [-0.25, -0.2) is 0 Å². The summed E-state index contributed by atoms with van der Waals surface area (Å²) in [6, 6.07) is 6.70. The number of H-pyrrole nitrogens is 1. The first-order chi connectivity index (χ1) is 8.60. The zero-order chi connectivity index (χ0) is 13.1. The number of carbonyl (C=O) groups excluding carboxylic acids is 1. The number of aromatic amines is 1. The number of nitrogen functional groups attached to an aromatic ring is 1. The van der Waals surface area contributed by atoms with Gasteiger partial charge in [0.05, 0.1) is 12.8 Å². The first-order valence-electron chi connectivity index (χ1n) is 5.37. The Morgan fingerprint density at radius 3 is 2.83 bits per heavy atom. The average molecular weight is 246 g/mol. The summed E-state index contributed by atoms with van der Waals surface area (Å²) in [5.41, 5.74) is 7.98. The van der Waals surface area contributed by atoms with E-state index in [1.165, 1.54) is 7.11 Å². The minimum Gasteiger partial charge on any atom is -0.495 e. The van der Waals surface area contributed by atoms with Gasteiger partial charge in [0, 0.05) is 17.4 Å². The van der Waals surface area contributed by atoms with Crippen molar-refractivity contribution in [2.24, 2.45) is 0 Å². The first kappa shape index (κ1) is 12.0.